The van der Waals surface area contributed by atoms with Crippen LogP contribution in [0.5, 0.6) is 0 Å². The molecule has 26 heavy (non-hydrogen) atoms. The van der Waals surface area contributed by atoms with Crippen molar-refractivity contribution in [3.8, 4) is 0 Å². The molecule has 0 saturated heterocycles. The molecule has 0 aliphatic rings. The van der Waals surface area contributed by atoms with E-state index in [1.807, 2.05) is 24.3 Å². The fourth-order valence-corrected chi connectivity index (χ4v) is 2.86. The summed E-state index contributed by atoms with van der Waals surface area (Å²) >= 11 is 0. The topological polar surface area (TPSA) is 92.2 Å². The van der Waals surface area contributed by atoms with Crippen molar-refractivity contribution < 1.29 is 4.79 Å². The predicted molar refractivity (Wildman–Crippen MR) is 98.2 cm³/mol. The fraction of sp³-hybridized carbons (Fsp3) is 0.158. The van der Waals surface area contributed by atoms with Crippen LogP contribution in [0.1, 0.15) is 22.6 Å². The second-order valence-electron chi connectivity index (χ2n) is 5.97. The first-order valence-corrected chi connectivity index (χ1v) is 8.40. The van der Waals surface area contributed by atoms with E-state index < -0.39 is 5.91 Å². The maximum absolute atomic E-state index is 12.4. The van der Waals surface area contributed by atoms with E-state index in [2.05, 4.69) is 20.3 Å². The number of aromatic nitrogens is 4. The molecule has 7 heteroatoms. The highest BCUT2D eigenvalue weighted by Crippen LogP contribution is 2.11. The quantitative estimate of drug-likeness (QED) is 0.540. The summed E-state index contributed by atoms with van der Waals surface area (Å²) in [7, 11) is 0. The minimum Gasteiger partial charge on any atom is -0.352 e. The molecule has 0 aliphatic carbocycles. The van der Waals surface area contributed by atoms with Gasteiger partial charge in [0.2, 0.25) is 0 Å². The van der Waals surface area contributed by atoms with Crippen molar-refractivity contribution >= 4 is 22.6 Å². The molecule has 7 nitrogen and oxygen atoms in total. The number of aromatic amines is 1. The molecule has 0 atom stereocenters. The van der Waals surface area contributed by atoms with Crippen LogP contribution in [0.25, 0.3) is 16.7 Å². The molecule has 0 saturated carbocycles. The Kier molecular flexibility index (Phi) is 4.18. The lowest BCUT2D eigenvalue weighted by molar-refractivity contribution is 0.0951. The van der Waals surface area contributed by atoms with E-state index in [0.29, 0.717) is 25.0 Å². The lowest BCUT2D eigenvalue weighted by Gasteiger charge is -2.05. The Labute approximate surface area is 148 Å². The number of carbonyl (C=O) groups excluding carboxylic acids is 1. The number of para-hydroxylation sites is 2. The van der Waals surface area contributed by atoms with Gasteiger partial charge in [0.15, 0.2) is 0 Å². The van der Waals surface area contributed by atoms with Crippen LogP contribution in [0.3, 0.4) is 0 Å². The number of carbonyl (C=O) groups is 1. The highest BCUT2D eigenvalue weighted by atomic mass is 16.2. The normalized spacial score (nSPS) is 11.1. The molecular weight excluding hydrogens is 330 g/mol. The highest BCUT2D eigenvalue weighted by molar-refractivity contribution is 5.93. The second-order valence-corrected chi connectivity index (χ2v) is 5.97. The average molecular weight is 347 g/mol. The van der Waals surface area contributed by atoms with Crippen LogP contribution in [0, 0.1) is 0 Å². The summed E-state index contributed by atoms with van der Waals surface area (Å²) in [4.78, 5) is 36.6. The Balaban J connectivity index is 1.38. The van der Waals surface area contributed by atoms with E-state index in [1.165, 1.54) is 10.6 Å². The molecule has 3 heterocycles. The van der Waals surface area contributed by atoms with Crippen LogP contribution in [0.4, 0.5) is 0 Å². The van der Waals surface area contributed by atoms with Gasteiger partial charge in [0.05, 0.1) is 11.0 Å². The number of amides is 1. The number of benzene rings is 1. The summed E-state index contributed by atoms with van der Waals surface area (Å²) in [6.07, 6.45) is 4.35. The lowest BCUT2D eigenvalue weighted by Crippen LogP contribution is -2.32. The van der Waals surface area contributed by atoms with Gasteiger partial charge in [-0.3, -0.25) is 14.0 Å². The molecule has 2 N–H and O–H groups in total. The smallest absolute Gasteiger partial charge is 0.270 e. The standard InChI is InChI=1S/C19H17N5O2/c25-18(13-12-21-17-9-3-4-11-24(17)19(13)26)20-10-5-8-16-22-14-6-1-2-7-15(14)23-16/h1-4,6-7,9,11-12H,5,8,10H2,(H,20,25)(H,22,23). The van der Waals surface area contributed by atoms with E-state index >= 15 is 0 Å². The van der Waals surface area contributed by atoms with Crippen LogP contribution < -0.4 is 10.9 Å². The van der Waals surface area contributed by atoms with Gasteiger partial charge in [0.25, 0.3) is 11.5 Å². The maximum Gasteiger partial charge on any atom is 0.270 e. The van der Waals surface area contributed by atoms with Gasteiger partial charge in [-0.05, 0) is 30.7 Å². The molecule has 1 aromatic carbocycles. The molecule has 0 bridgehead atoms. The largest absolute Gasteiger partial charge is 0.352 e. The van der Waals surface area contributed by atoms with Crippen LogP contribution in [-0.2, 0) is 6.42 Å². The molecule has 1 amide bonds. The van der Waals surface area contributed by atoms with Crippen molar-refractivity contribution in [3.05, 3.63) is 76.6 Å². The minimum atomic E-state index is -0.412. The Morgan fingerprint density at radius 3 is 2.88 bits per heavy atom. The number of nitrogens with one attached hydrogen (secondary N) is 2. The molecule has 0 aliphatic heterocycles. The summed E-state index contributed by atoms with van der Waals surface area (Å²) < 4.78 is 1.36. The Morgan fingerprint density at radius 1 is 1.15 bits per heavy atom. The predicted octanol–water partition coefficient (Wildman–Crippen LogP) is 1.93. The summed E-state index contributed by atoms with van der Waals surface area (Å²) in [5.74, 6) is 0.471. The van der Waals surface area contributed by atoms with Crippen LogP contribution in [0.15, 0.2) is 59.7 Å². The van der Waals surface area contributed by atoms with Crippen molar-refractivity contribution in [1.29, 1.82) is 0 Å². The molecule has 0 fully saturated rings. The first-order valence-electron chi connectivity index (χ1n) is 8.40. The minimum absolute atomic E-state index is 0.0393. The molecule has 3 aromatic heterocycles. The molecule has 0 spiro atoms. The Hall–Kier alpha value is -3.48. The average Bonchev–Trinajstić information content (AvgIpc) is 3.08. The van der Waals surface area contributed by atoms with Gasteiger partial charge in [-0.25, -0.2) is 9.97 Å². The summed E-state index contributed by atoms with van der Waals surface area (Å²) in [6.45, 7) is 0.451. The monoisotopic (exact) mass is 347 g/mol. The molecule has 0 unspecified atom stereocenters. The Bertz CT molecular complexity index is 1110. The SMILES string of the molecule is O=C(NCCCc1nc2ccccc2[nH]1)c1cnc2ccccn2c1=O. The molecular formula is C19H17N5O2. The number of nitrogens with zero attached hydrogens (tertiary/aromatic N) is 3. The number of H-pyrrole nitrogens is 1. The zero-order valence-electron chi connectivity index (χ0n) is 14.0. The van der Waals surface area contributed by atoms with Crippen molar-refractivity contribution in [2.24, 2.45) is 0 Å². The number of pyridine rings is 1. The van der Waals surface area contributed by atoms with E-state index in [1.54, 1.807) is 24.4 Å². The van der Waals surface area contributed by atoms with E-state index in [9.17, 15) is 9.59 Å². The van der Waals surface area contributed by atoms with E-state index in [4.69, 9.17) is 0 Å². The molecule has 130 valence electrons. The zero-order chi connectivity index (χ0) is 17.9. The molecule has 4 rings (SSSR count). The van der Waals surface area contributed by atoms with Gasteiger partial charge in [-0.2, -0.15) is 0 Å². The van der Waals surface area contributed by atoms with E-state index in [-0.39, 0.29) is 11.1 Å². The Morgan fingerprint density at radius 2 is 2.00 bits per heavy atom. The van der Waals surface area contributed by atoms with E-state index in [0.717, 1.165) is 16.9 Å². The van der Waals surface area contributed by atoms with Gasteiger partial charge < -0.3 is 10.3 Å². The third-order valence-electron chi connectivity index (χ3n) is 4.17. The summed E-state index contributed by atoms with van der Waals surface area (Å²) in [5.41, 5.74) is 2.12. The number of aryl methyl sites for hydroxylation is 1. The van der Waals surface area contributed by atoms with Crippen molar-refractivity contribution in [3.63, 3.8) is 0 Å². The molecule has 4 aromatic rings. The number of rotatable bonds is 5. The number of imidazole rings is 1. The van der Waals surface area contributed by atoms with Crippen LogP contribution >= 0.6 is 0 Å². The summed E-state index contributed by atoms with van der Waals surface area (Å²) in [5, 5.41) is 2.77. The van der Waals surface area contributed by atoms with Crippen molar-refractivity contribution in [1.82, 2.24) is 24.7 Å². The van der Waals surface area contributed by atoms with Crippen LogP contribution in [-0.4, -0.2) is 31.8 Å². The van der Waals surface area contributed by atoms with Gasteiger partial charge >= 0.3 is 0 Å². The maximum atomic E-state index is 12.4. The van der Waals surface area contributed by atoms with Crippen molar-refractivity contribution in [2.45, 2.75) is 12.8 Å². The third kappa shape index (κ3) is 3.06. The molecule has 0 radical (unpaired) electrons. The second kappa shape index (κ2) is 6.79. The van der Waals surface area contributed by atoms with Crippen molar-refractivity contribution in [2.75, 3.05) is 6.54 Å². The third-order valence-corrected chi connectivity index (χ3v) is 4.17. The highest BCUT2D eigenvalue weighted by Gasteiger charge is 2.12. The van der Waals surface area contributed by atoms with Gasteiger partial charge in [-0.1, -0.05) is 18.2 Å². The summed E-state index contributed by atoms with van der Waals surface area (Å²) in [6, 6.07) is 13.1. The zero-order valence-corrected chi connectivity index (χ0v) is 14.0. The van der Waals surface area contributed by atoms with Gasteiger partial charge in [0.1, 0.15) is 17.0 Å². The first kappa shape index (κ1) is 16.0. The van der Waals surface area contributed by atoms with Crippen LogP contribution in [0.2, 0.25) is 0 Å². The number of hydrogen-bond donors (Lipinski definition) is 2. The first-order chi connectivity index (χ1) is 12.7. The van der Waals surface area contributed by atoms with Gasteiger partial charge in [-0.15, -0.1) is 0 Å². The number of fused-ring (bicyclic) bond motifs is 2. The number of hydrogen-bond acceptors (Lipinski definition) is 4. The fourth-order valence-electron chi connectivity index (χ4n) is 2.86. The lowest BCUT2D eigenvalue weighted by atomic mass is 10.2. The van der Waals surface area contributed by atoms with Gasteiger partial charge in [0, 0.05) is 25.4 Å².